The van der Waals surface area contributed by atoms with Gasteiger partial charge in [-0.3, -0.25) is 9.59 Å². The number of rotatable bonds is 51. The second-order valence-corrected chi connectivity index (χ2v) is 19.4. The van der Waals surface area contributed by atoms with Crippen molar-refractivity contribution in [2.45, 2.75) is 296 Å². The summed E-state index contributed by atoms with van der Waals surface area (Å²) in [6.07, 6.45) is 69.7. The average molecular weight is 937 g/mol. The number of amides is 1. The van der Waals surface area contributed by atoms with Gasteiger partial charge in [-0.2, -0.15) is 0 Å². The van der Waals surface area contributed by atoms with Crippen LogP contribution in [0.25, 0.3) is 0 Å². The van der Waals surface area contributed by atoms with Gasteiger partial charge in [-0.05, 0) is 83.5 Å². The summed E-state index contributed by atoms with van der Waals surface area (Å²) in [5.41, 5.74) is 0. The van der Waals surface area contributed by atoms with Crippen LogP contribution in [0.5, 0.6) is 0 Å². The number of allylic oxidation sites excluding steroid dienone is 12. The van der Waals surface area contributed by atoms with Gasteiger partial charge in [-0.1, -0.05) is 254 Å². The van der Waals surface area contributed by atoms with Crippen molar-refractivity contribution in [1.82, 2.24) is 5.32 Å². The Bertz CT molecular complexity index is 1230. The molecule has 0 rings (SSSR count). The van der Waals surface area contributed by atoms with Gasteiger partial charge >= 0.3 is 5.97 Å². The summed E-state index contributed by atoms with van der Waals surface area (Å²) in [5, 5.41) is 23.9. The highest BCUT2D eigenvalue weighted by Crippen LogP contribution is 2.17. The smallest absolute Gasteiger partial charge is 0.306 e. The molecule has 0 aliphatic carbocycles. The summed E-state index contributed by atoms with van der Waals surface area (Å²) < 4.78 is 5.90. The van der Waals surface area contributed by atoms with Crippen LogP contribution in [0.1, 0.15) is 278 Å². The van der Waals surface area contributed by atoms with Crippen molar-refractivity contribution >= 4 is 11.9 Å². The number of nitrogens with one attached hydrogen (secondary N) is 1. The SMILES string of the molecule is CCCCC/C=C\C/C=C\C/C=C\C/C=C\CCCC(=O)OC(CCC/C=C/C=C/CCCCCCCCC)CC(=O)NC(CO)C(O)CCCCCCCCCCCCCCCCCCC. The van der Waals surface area contributed by atoms with Gasteiger partial charge in [-0.15, -0.1) is 0 Å². The molecule has 0 aromatic rings. The molecule has 3 atom stereocenters. The Kier molecular flexibility index (Phi) is 52.1. The minimum atomic E-state index is -0.812. The lowest BCUT2D eigenvalue weighted by Crippen LogP contribution is -2.46. The first-order valence-electron chi connectivity index (χ1n) is 28.7. The van der Waals surface area contributed by atoms with Crippen molar-refractivity contribution in [2.75, 3.05) is 6.61 Å². The predicted molar refractivity (Wildman–Crippen MR) is 291 cm³/mol. The van der Waals surface area contributed by atoms with Gasteiger partial charge in [0.25, 0.3) is 0 Å². The van der Waals surface area contributed by atoms with Crippen LogP contribution in [0.15, 0.2) is 72.9 Å². The van der Waals surface area contributed by atoms with Crippen LogP contribution < -0.4 is 5.32 Å². The molecule has 0 fully saturated rings. The monoisotopic (exact) mass is 936 g/mol. The van der Waals surface area contributed by atoms with Crippen LogP contribution in [-0.4, -0.2) is 46.9 Å². The molecule has 0 spiro atoms. The molecule has 388 valence electrons. The van der Waals surface area contributed by atoms with E-state index in [9.17, 15) is 19.8 Å². The molecule has 6 heteroatoms. The molecule has 0 saturated carbocycles. The molecule has 0 radical (unpaired) electrons. The largest absolute Gasteiger partial charge is 0.462 e. The fraction of sp³-hybridized carbons (Fsp3) is 0.770. The van der Waals surface area contributed by atoms with Crippen LogP contribution in [0.2, 0.25) is 0 Å². The quantitative estimate of drug-likeness (QED) is 0.0244. The Balaban J connectivity index is 4.66. The molecule has 0 aliphatic rings. The van der Waals surface area contributed by atoms with Crippen molar-refractivity contribution in [2.24, 2.45) is 0 Å². The fourth-order valence-electron chi connectivity index (χ4n) is 8.42. The third-order valence-corrected chi connectivity index (χ3v) is 12.8. The molecule has 0 bridgehead atoms. The minimum absolute atomic E-state index is 0.0212. The zero-order valence-electron chi connectivity index (χ0n) is 44.3. The Hall–Kier alpha value is -2.70. The molecule has 0 aromatic carbocycles. The Morgan fingerprint density at radius 1 is 0.448 bits per heavy atom. The number of unbranched alkanes of at least 4 members (excludes halogenated alkanes) is 28. The lowest BCUT2D eigenvalue weighted by atomic mass is 10.0. The number of hydrogen-bond acceptors (Lipinski definition) is 5. The first-order chi connectivity index (χ1) is 33.0. The molecule has 3 N–H and O–H groups in total. The van der Waals surface area contributed by atoms with E-state index in [4.69, 9.17) is 4.74 Å². The maximum atomic E-state index is 13.2. The van der Waals surface area contributed by atoms with E-state index >= 15 is 0 Å². The van der Waals surface area contributed by atoms with Crippen molar-refractivity contribution < 1.29 is 24.5 Å². The molecule has 0 heterocycles. The third-order valence-electron chi connectivity index (χ3n) is 12.8. The van der Waals surface area contributed by atoms with E-state index < -0.39 is 18.2 Å². The lowest BCUT2D eigenvalue weighted by molar-refractivity contribution is -0.151. The molecule has 0 aromatic heterocycles. The standard InChI is InChI=1S/C61H109NO5/c1-4-7-10-13-16-19-22-25-28-30-32-35-38-41-44-47-50-53-59(64)58(56-63)62-60(65)55-57(52-49-46-43-40-37-34-27-24-21-18-15-12-9-6-3)67-61(66)54-51-48-45-42-39-36-33-31-29-26-23-20-17-14-11-8-5-2/h17,20,26,29,33-34,36-37,40,42-43,45,57-59,63-64H,4-16,18-19,21-25,27-28,30-32,35,38-39,41,44,46-56H2,1-3H3,(H,62,65)/b20-17-,29-26-,36-33-,37-34+,43-40+,45-42-. The van der Waals surface area contributed by atoms with E-state index in [1.54, 1.807) is 0 Å². The Morgan fingerprint density at radius 3 is 1.30 bits per heavy atom. The van der Waals surface area contributed by atoms with E-state index in [0.717, 1.165) is 64.2 Å². The van der Waals surface area contributed by atoms with Crippen LogP contribution in [0, 0.1) is 0 Å². The molecular weight excluding hydrogens is 827 g/mol. The Morgan fingerprint density at radius 2 is 0.821 bits per heavy atom. The zero-order valence-corrected chi connectivity index (χ0v) is 44.3. The summed E-state index contributed by atoms with van der Waals surface area (Å²) in [4.78, 5) is 26.2. The highest BCUT2D eigenvalue weighted by molar-refractivity contribution is 5.77. The number of aliphatic hydroxyl groups is 2. The number of esters is 1. The first-order valence-corrected chi connectivity index (χ1v) is 28.7. The maximum Gasteiger partial charge on any atom is 0.306 e. The van der Waals surface area contributed by atoms with E-state index in [0.29, 0.717) is 25.7 Å². The van der Waals surface area contributed by atoms with Gasteiger partial charge in [0.1, 0.15) is 6.10 Å². The second kappa shape index (κ2) is 54.2. The molecule has 67 heavy (non-hydrogen) atoms. The van der Waals surface area contributed by atoms with E-state index in [2.05, 4.69) is 99.0 Å². The number of aliphatic hydroxyl groups excluding tert-OH is 2. The zero-order chi connectivity index (χ0) is 48.8. The fourth-order valence-corrected chi connectivity index (χ4v) is 8.42. The molecular formula is C61H109NO5. The van der Waals surface area contributed by atoms with Crippen LogP contribution in [0.3, 0.4) is 0 Å². The number of carbonyl (C=O) groups excluding carboxylic acids is 2. The highest BCUT2D eigenvalue weighted by Gasteiger charge is 2.24. The molecule has 1 amide bonds. The lowest BCUT2D eigenvalue weighted by Gasteiger charge is -2.24. The van der Waals surface area contributed by atoms with Gasteiger partial charge in [0, 0.05) is 6.42 Å². The number of ether oxygens (including phenoxy) is 1. The summed E-state index contributed by atoms with van der Waals surface area (Å²) in [6.45, 7) is 6.44. The van der Waals surface area contributed by atoms with E-state index in [-0.39, 0.29) is 24.9 Å². The van der Waals surface area contributed by atoms with Crippen molar-refractivity contribution in [3.63, 3.8) is 0 Å². The van der Waals surface area contributed by atoms with Crippen LogP contribution >= 0.6 is 0 Å². The summed E-state index contributed by atoms with van der Waals surface area (Å²) in [7, 11) is 0. The summed E-state index contributed by atoms with van der Waals surface area (Å²) in [6, 6.07) is -0.730. The van der Waals surface area contributed by atoms with Gasteiger partial charge in [-0.25, -0.2) is 0 Å². The molecule has 0 saturated heterocycles. The topological polar surface area (TPSA) is 95.9 Å². The number of carbonyl (C=O) groups is 2. The van der Waals surface area contributed by atoms with Crippen molar-refractivity contribution in [3.8, 4) is 0 Å². The molecule has 6 nitrogen and oxygen atoms in total. The second-order valence-electron chi connectivity index (χ2n) is 19.4. The predicted octanol–water partition coefficient (Wildman–Crippen LogP) is 17.7. The van der Waals surface area contributed by atoms with E-state index in [1.165, 1.54) is 161 Å². The normalized spacial score (nSPS) is 13.7. The van der Waals surface area contributed by atoms with Crippen LogP contribution in [-0.2, 0) is 14.3 Å². The third kappa shape index (κ3) is 49.5. The van der Waals surface area contributed by atoms with Crippen LogP contribution in [0.4, 0.5) is 0 Å². The summed E-state index contributed by atoms with van der Waals surface area (Å²) in [5.74, 6) is -0.585. The van der Waals surface area contributed by atoms with Gasteiger partial charge in [0.2, 0.25) is 5.91 Å². The average Bonchev–Trinajstić information content (AvgIpc) is 3.32. The van der Waals surface area contributed by atoms with E-state index in [1.807, 2.05) is 0 Å². The highest BCUT2D eigenvalue weighted by atomic mass is 16.5. The van der Waals surface area contributed by atoms with Crippen molar-refractivity contribution in [3.05, 3.63) is 72.9 Å². The molecule has 0 aliphatic heterocycles. The minimum Gasteiger partial charge on any atom is -0.462 e. The first kappa shape index (κ1) is 64.3. The Labute approximate surface area is 415 Å². The van der Waals surface area contributed by atoms with Crippen molar-refractivity contribution in [1.29, 1.82) is 0 Å². The van der Waals surface area contributed by atoms with Gasteiger partial charge in [0.15, 0.2) is 0 Å². The summed E-state index contributed by atoms with van der Waals surface area (Å²) >= 11 is 0. The van der Waals surface area contributed by atoms with Gasteiger partial charge in [0.05, 0.1) is 25.2 Å². The number of hydrogen-bond donors (Lipinski definition) is 3. The van der Waals surface area contributed by atoms with Gasteiger partial charge < -0.3 is 20.3 Å². The maximum absolute atomic E-state index is 13.2. The molecule has 3 unspecified atom stereocenters.